The van der Waals surface area contributed by atoms with Crippen molar-refractivity contribution in [3.8, 4) is 5.75 Å². The zero-order valence-electron chi connectivity index (χ0n) is 20.4. The van der Waals surface area contributed by atoms with E-state index in [4.69, 9.17) is 4.74 Å². The van der Waals surface area contributed by atoms with Crippen molar-refractivity contribution in [2.24, 2.45) is 0 Å². The number of amides is 4. The third kappa shape index (κ3) is 4.33. The minimum Gasteiger partial charge on any atom is -0.497 e. The Morgan fingerprint density at radius 2 is 1.69 bits per heavy atom. The van der Waals surface area contributed by atoms with E-state index in [1.807, 2.05) is 72.8 Å². The van der Waals surface area contributed by atoms with Gasteiger partial charge in [0.2, 0.25) is 5.91 Å². The van der Waals surface area contributed by atoms with Crippen LogP contribution in [0.2, 0.25) is 0 Å². The van der Waals surface area contributed by atoms with Gasteiger partial charge in [0.15, 0.2) is 0 Å². The summed E-state index contributed by atoms with van der Waals surface area (Å²) in [4.78, 5) is 40.4. The molecule has 0 radical (unpaired) electrons. The topological polar surface area (TPSA) is 87.7 Å². The smallest absolute Gasteiger partial charge is 0.325 e. The normalized spacial score (nSPS) is 19.6. The minimum absolute atomic E-state index is 0.370. The lowest BCUT2D eigenvalue weighted by Crippen LogP contribution is -2.44. The van der Waals surface area contributed by atoms with Crippen LogP contribution in [0.4, 0.5) is 4.79 Å². The van der Waals surface area contributed by atoms with Crippen molar-refractivity contribution in [2.75, 3.05) is 13.7 Å². The summed E-state index contributed by atoms with van der Waals surface area (Å²) in [6.07, 6.45) is 3.11. The van der Waals surface area contributed by atoms with Gasteiger partial charge in [-0.05, 0) is 66.1 Å². The lowest BCUT2D eigenvalue weighted by atomic mass is 9.89. The summed E-state index contributed by atoms with van der Waals surface area (Å²) in [5, 5.41) is 5.82. The van der Waals surface area contributed by atoms with Crippen molar-refractivity contribution >= 4 is 17.8 Å². The molecule has 2 N–H and O–H groups in total. The Morgan fingerprint density at radius 3 is 2.42 bits per heavy atom. The number of aryl methyl sites for hydroxylation is 2. The number of urea groups is 1. The van der Waals surface area contributed by atoms with Crippen molar-refractivity contribution in [2.45, 2.75) is 37.8 Å². The number of hydrogen-bond acceptors (Lipinski definition) is 4. The highest BCUT2D eigenvalue weighted by molar-refractivity contribution is 6.09. The van der Waals surface area contributed by atoms with E-state index in [0.29, 0.717) is 5.75 Å². The molecule has 1 heterocycles. The fourth-order valence-electron chi connectivity index (χ4n) is 5.07. The summed E-state index contributed by atoms with van der Waals surface area (Å²) in [6.45, 7) is 1.33. The quantitative estimate of drug-likeness (QED) is 0.500. The molecule has 2 atom stereocenters. The third-order valence-corrected chi connectivity index (χ3v) is 7.14. The molecule has 4 amide bonds. The average Bonchev–Trinajstić information content (AvgIpc) is 3.46. The number of carbonyl (C=O) groups is 3. The summed E-state index contributed by atoms with van der Waals surface area (Å²) >= 11 is 0. The molecule has 184 valence electrons. The molecular weight excluding hydrogens is 454 g/mol. The Morgan fingerprint density at radius 1 is 1.00 bits per heavy atom. The molecule has 1 aliphatic carbocycles. The lowest BCUT2D eigenvalue weighted by molar-refractivity contribution is -0.135. The largest absolute Gasteiger partial charge is 0.497 e. The van der Waals surface area contributed by atoms with E-state index >= 15 is 0 Å². The summed E-state index contributed by atoms with van der Waals surface area (Å²) in [6, 6.07) is 21.9. The maximum atomic E-state index is 13.4. The van der Waals surface area contributed by atoms with E-state index < -0.39 is 29.4 Å². The molecule has 3 aromatic carbocycles. The lowest BCUT2D eigenvalue weighted by Gasteiger charge is -2.24. The Labute approximate surface area is 210 Å². The molecule has 2 aliphatic rings. The predicted molar refractivity (Wildman–Crippen MR) is 135 cm³/mol. The standard InChI is InChI=1S/C29H29N3O4/c1-29(23-14-11-19-9-6-10-22(19)17-23)27(34)32(28(35)31-29)18-25(33)30-26(20-7-4-3-5-8-20)21-12-15-24(36-2)16-13-21/h3-5,7-8,11-17,26H,6,9-10,18H2,1-2H3,(H,30,33)(H,31,35)/t26-,29+/m1/s1. The molecule has 0 bridgehead atoms. The van der Waals surface area contributed by atoms with Gasteiger partial charge in [-0.15, -0.1) is 0 Å². The number of rotatable bonds is 7. The predicted octanol–water partition coefficient (Wildman–Crippen LogP) is 3.86. The van der Waals surface area contributed by atoms with Crippen LogP contribution in [0.5, 0.6) is 5.75 Å². The molecule has 1 aliphatic heterocycles. The Kier molecular flexibility index (Phi) is 6.22. The Balaban J connectivity index is 1.35. The first-order chi connectivity index (χ1) is 17.4. The van der Waals surface area contributed by atoms with Gasteiger partial charge in [-0.3, -0.25) is 14.5 Å². The molecule has 0 spiro atoms. The Bertz CT molecular complexity index is 1310. The number of fused-ring (bicyclic) bond motifs is 1. The molecule has 7 nitrogen and oxygen atoms in total. The molecule has 0 aromatic heterocycles. The molecule has 1 saturated heterocycles. The SMILES string of the molecule is COc1ccc([C@H](NC(=O)CN2C(=O)N[C@@](C)(c3ccc4c(c3)CCC4)C2=O)c2ccccc2)cc1. The molecule has 36 heavy (non-hydrogen) atoms. The van der Waals surface area contributed by atoms with Crippen LogP contribution >= 0.6 is 0 Å². The van der Waals surface area contributed by atoms with Crippen LogP contribution in [0.15, 0.2) is 72.8 Å². The van der Waals surface area contributed by atoms with E-state index in [2.05, 4.69) is 10.6 Å². The second kappa shape index (κ2) is 9.49. The number of carbonyl (C=O) groups excluding carboxylic acids is 3. The van der Waals surface area contributed by atoms with E-state index in [9.17, 15) is 14.4 Å². The van der Waals surface area contributed by atoms with Crippen LogP contribution in [0, 0.1) is 0 Å². The van der Waals surface area contributed by atoms with Crippen LogP contribution in [0.3, 0.4) is 0 Å². The number of benzene rings is 3. The van der Waals surface area contributed by atoms with E-state index in [-0.39, 0.29) is 6.54 Å². The maximum Gasteiger partial charge on any atom is 0.325 e. The molecule has 1 fully saturated rings. The van der Waals surface area contributed by atoms with Crippen LogP contribution in [0.25, 0.3) is 0 Å². The van der Waals surface area contributed by atoms with Gasteiger partial charge in [0.05, 0.1) is 13.2 Å². The van der Waals surface area contributed by atoms with Crippen LogP contribution < -0.4 is 15.4 Å². The van der Waals surface area contributed by atoms with Crippen LogP contribution in [0.1, 0.15) is 47.2 Å². The van der Waals surface area contributed by atoms with E-state index in [1.165, 1.54) is 11.1 Å². The molecule has 3 aromatic rings. The average molecular weight is 484 g/mol. The highest BCUT2D eigenvalue weighted by Gasteiger charge is 2.49. The van der Waals surface area contributed by atoms with Gasteiger partial charge in [0.1, 0.15) is 17.8 Å². The highest BCUT2D eigenvalue weighted by Crippen LogP contribution is 2.32. The first-order valence-corrected chi connectivity index (χ1v) is 12.1. The molecular formula is C29H29N3O4. The first kappa shape index (κ1) is 23.6. The highest BCUT2D eigenvalue weighted by atomic mass is 16.5. The molecule has 0 unspecified atom stereocenters. The third-order valence-electron chi connectivity index (χ3n) is 7.14. The number of methoxy groups -OCH3 is 1. The first-order valence-electron chi connectivity index (χ1n) is 12.1. The molecule has 0 saturated carbocycles. The number of imide groups is 1. The van der Waals surface area contributed by atoms with Gasteiger partial charge in [-0.1, -0.05) is 60.7 Å². The molecule has 7 heteroatoms. The van der Waals surface area contributed by atoms with Gasteiger partial charge in [0.25, 0.3) is 5.91 Å². The minimum atomic E-state index is -1.20. The van der Waals surface area contributed by atoms with Crippen molar-refractivity contribution < 1.29 is 19.1 Å². The van der Waals surface area contributed by atoms with Crippen molar-refractivity contribution in [1.82, 2.24) is 15.5 Å². The molecule has 5 rings (SSSR count). The number of hydrogen-bond donors (Lipinski definition) is 2. The van der Waals surface area contributed by atoms with E-state index in [0.717, 1.165) is 40.9 Å². The van der Waals surface area contributed by atoms with Crippen molar-refractivity contribution in [1.29, 1.82) is 0 Å². The zero-order chi connectivity index (χ0) is 25.3. The number of ether oxygens (including phenoxy) is 1. The van der Waals surface area contributed by atoms with E-state index in [1.54, 1.807) is 14.0 Å². The fraction of sp³-hybridized carbons (Fsp3) is 0.276. The van der Waals surface area contributed by atoms with Gasteiger partial charge < -0.3 is 15.4 Å². The summed E-state index contributed by atoms with van der Waals surface area (Å²) < 4.78 is 5.25. The van der Waals surface area contributed by atoms with Crippen molar-refractivity contribution in [3.63, 3.8) is 0 Å². The van der Waals surface area contributed by atoms with Crippen molar-refractivity contribution in [3.05, 3.63) is 101 Å². The van der Waals surface area contributed by atoms with Gasteiger partial charge in [-0.25, -0.2) is 4.79 Å². The number of nitrogens with one attached hydrogen (secondary N) is 2. The van der Waals surface area contributed by atoms with Gasteiger partial charge >= 0.3 is 6.03 Å². The van der Waals surface area contributed by atoms with Crippen LogP contribution in [-0.4, -0.2) is 36.4 Å². The second-order valence-electron chi connectivity index (χ2n) is 9.47. The summed E-state index contributed by atoms with van der Waals surface area (Å²) in [5.74, 6) is -0.148. The van der Waals surface area contributed by atoms with Gasteiger partial charge in [0, 0.05) is 0 Å². The summed E-state index contributed by atoms with van der Waals surface area (Å²) in [7, 11) is 1.60. The maximum absolute atomic E-state index is 13.4. The zero-order valence-corrected chi connectivity index (χ0v) is 20.4. The fourth-order valence-corrected chi connectivity index (χ4v) is 5.07. The van der Waals surface area contributed by atoms with Gasteiger partial charge in [-0.2, -0.15) is 0 Å². The monoisotopic (exact) mass is 483 g/mol. The van der Waals surface area contributed by atoms with Crippen LogP contribution in [-0.2, 0) is 28.0 Å². The second-order valence-corrected chi connectivity index (χ2v) is 9.47. The summed E-state index contributed by atoms with van der Waals surface area (Å²) in [5.41, 5.74) is 3.79. The number of nitrogens with zero attached hydrogens (tertiary/aromatic N) is 1. The Hall–Kier alpha value is -4.13.